The number of nitrogen functional groups attached to an aromatic ring is 1. The molecule has 0 fully saturated rings. The van der Waals surface area contributed by atoms with Crippen LogP contribution in [-0.2, 0) is 4.74 Å². The van der Waals surface area contributed by atoms with Crippen LogP contribution in [0.25, 0.3) is 21.3 Å². The molecule has 0 atom stereocenters. The molecule has 0 saturated carbocycles. The third-order valence-electron chi connectivity index (χ3n) is 5.19. The number of carbonyl (C=O) groups excluding carboxylic acids is 2. The smallest absolute Gasteiger partial charge is 0.340 e. The summed E-state index contributed by atoms with van der Waals surface area (Å²) in [5.74, 6) is -0.831. The zero-order valence-corrected chi connectivity index (χ0v) is 19.9. The molecular weight excluding hydrogens is 458 g/mol. The van der Waals surface area contributed by atoms with Crippen LogP contribution in [0, 0.1) is 13.8 Å². The fourth-order valence-electron chi connectivity index (χ4n) is 3.62. The van der Waals surface area contributed by atoms with Gasteiger partial charge < -0.3 is 15.8 Å². The lowest BCUT2D eigenvalue weighted by Gasteiger charge is -2.14. The Balaban J connectivity index is 1.91. The molecule has 6 nitrogen and oxygen atoms in total. The van der Waals surface area contributed by atoms with Gasteiger partial charge in [-0.2, -0.15) is 0 Å². The van der Waals surface area contributed by atoms with Gasteiger partial charge in [-0.1, -0.05) is 41.4 Å². The molecule has 2 heterocycles. The Kier molecular flexibility index (Phi) is 6.35. The van der Waals surface area contributed by atoms with Crippen LogP contribution >= 0.6 is 22.9 Å². The summed E-state index contributed by atoms with van der Waals surface area (Å²) < 4.78 is 5.30. The van der Waals surface area contributed by atoms with Crippen molar-refractivity contribution in [3.63, 3.8) is 0 Å². The van der Waals surface area contributed by atoms with E-state index in [9.17, 15) is 9.59 Å². The number of carbonyl (C=O) groups is 2. The monoisotopic (exact) mass is 479 g/mol. The molecule has 1 amide bonds. The lowest BCUT2D eigenvalue weighted by atomic mass is 9.95. The molecule has 4 rings (SSSR count). The third kappa shape index (κ3) is 4.42. The van der Waals surface area contributed by atoms with Crippen LogP contribution in [-0.4, -0.2) is 23.5 Å². The number of fused-ring (bicyclic) bond motifs is 1. The number of halogens is 1. The lowest BCUT2D eigenvalue weighted by molar-refractivity contribution is 0.0526. The molecule has 0 aliphatic heterocycles. The van der Waals surface area contributed by atoms with Crippen LogP contribution in [0.5, 0.6) is 0 Å². The van der Waals surface area contributed by atoms with Gasteiger partial charge in [0.25, 0.3) is 5.91 Å². The Labute approximate surface area is 200 Å². The van der Waals surface area contributed by atoms with Crippen molar-refractivity contribution in [2.45, 2.75) is 20.8 Å². The number of aryl methyl sites for hydroxylation is 2. The molecule has 0 unspecified atom stereocenters. The summed E-state index contributed by atoms with van der Waals surface area (Å²) >= 11 is 7.27. The van der Waals surface area contributed by atoms with Gasteiger partial charge in [-0.25, -0.2) is 9.78 Å². The number of hydrogen-bond acceptors (Lipinski definition) is 6. The number of thiophene rings is 1. The number of nitrogens with one attached hydrogen (secondary N) is 1. The summed E-state index contributed by atoms with van der Waals surface area (Å²) in [5, 5.41) is 3.99. The first-order valence-electron chi connectivity index (χ1n) is 10.3. The minimum absolute atomic E-state index is 0.222. The average molecular weight is 480 g/mol. The molecule has 0 aliphatic rings. The highest BCUT2D eigenvalue weighted by molar-refractivity contribution is 7.21. The minimum atomic E-state index is -0.495. The second-order valence-corrected chi connectivity index (χ2v) is 8.96. The molecule has 168 valence electrons. The summed E-state index contributed by atoms with van der Waals surface area (Å²) in [5.41, 5.74) is 10.7. The summed E-state index contributed by atoms with van der Waals surface area (Å²) in [7, 11) is 0. The van der Waals surface area contributed by atoms with E-state index in [1.807, 2.05) is 43.3 Å². The van der Waals surface area contributed by atoms with Crippen LogP contribution < -0.4 is 11.1 Å². The van der Waals surface area contributed by atoms with Crippen LogP contribution in [0.2, 0.25) is 5.02 Å². The first-order chi connectivity index (χ1) is 15.8. The van der Waals surface area contributed by atoms with Crippen molar-refractivity contribution >= 4 is 56.4 Å². The fourth-order valence-corrected chi connectivity index (χ4v) is 4.79. The number of benzene rings is 2. The number of hydrogen-bond donors (Lipinski definition) is 2. The van der Waals surface area contributed by atoms with Crippen LogP contribution in [0.15, 0.2) is 48.5 Å². The standard InChI is InChI=1S/C25H22ClN3O3S/c1-4-32-25(31)18-14(3)28-24-20(19(18)15-7-9-16(26)10-8-15)21(27)22(33-24)23(30)29-17-11-5-13(2)6-12-17/h5-12H,4,27H2,1-3H3,(H,29,30). The van der Waals surface area contributed by atoms with Gasteiger partial charge in [-0.05, 0) is 50.6 Å². The maximum Gasteiger partial charge on any atom is 0.340 e. The minimum Gasteiger partial charge on any atom is -0.462 e. The van der Waals surface area contributed by atoms with E-state index >= 15 is 0 Å². The SMILES string of the molecule is CCOC(=O)c1c(C)nc2sc(C(=O)Nc3ccc(C)cc3)c(N)c2c1-c1ccc(Cl)cc1. The third-order valence-corrected chi connectivity index (χ3v) is 6.54. The molecule has 0 aliphatic carbocycles. The van der Waals surface area contributed by atoms with E-state index in [0.29, 0.717) is 42.6 Å². The first-order valence-corrected chi connectivity index (χ1v) is 11.5. The lowest BCUT2D eigenvalue weighted by Crippen LogP contribution is -2.12. The molecule has 0 radical (unpaired) electrons. The predicted octanol–water partition coefficient (Wildman–Crippen LogP) is 6.24. The zero-order valence-electron chi connectivity index (χ0n) is 18.4. The highest BCUT2D eigenvalue weighted by Crippen LogP contribution is 2.42. The van der Waals surface area contributed by atoms with E-state index in [2.05, 4.69) is 10.3 Å². The second-order valence-electron chi connectivity index (χ2n) is 7.52. The van der Waals surface area contributed by atoms with E-state index < -0.39 is 5.97 Å². The number of amides is 1. The predicted molar refractivity (Wildman–Crippen MR) is 134 cm³/mol. The van der Waals surface area contributed by atoms with Crippen LogP contribution in [0.1, 0.15) is 38.2 Å². The zero-order chi connectivity index (χ0) is 23.7. The summed E-state index contributed by atoms with van der Waals surface area (Å²) in [4.78, 5) is 31.4. The van der Waals surface area contributed by atoms with Gasteiger partial charge in [0, 0.05) is 21.7 Å². The number of pyridine rings is 1. The highest BCUT2D eigenvalue weighted by Gasteiger charge is 2.27. The van der Waals surface area contributed by atoms with E-state index in [0.717, 1.165) is 11.1 Å². The van der Waals surface area contributed by atoms with Crippen molar-refractivity contribution in [1.29, 1.82) is 0 Å². The van der Waals surface area contributed by atoms with Crippen LogP contribution in [0.3, 0.4) is 0 Å². The first kappa shape index (κ1) is 22.8. The Bertz CT molecular complexity index is 1360. The molecule has 8 heteroatoms. The molecule has 4 aromatic rings. The molecule has 0 spiro atoms. The molecule has 0 bridgehead atoms. The molecular formula is C25H22ClN3O3S. The van der Waals surface area contributed by atoms with E-state index in [1.165, 1.54) is 11.3 Å². The molecule has 2 aromatic heterocycles. The maximum absolute atomic E-state index is 13.1. The second kappa shape index (κ2) is 9.21. The number of rotatable bonds is 5. The van der Waals surface area contributed by atoms with E-state index in [-0.39, 0.29) is 18.2 Å². The van der Waals surface area contributed by atoms with Crippen molar-refractivity contribution in [2.75, 3.05) is 17.7 Å². The number of nitrogens with zero attached hydrogens (tertiary/aromatic N) is 1. The molecule has 2 aromatic carbocycles. The van der Waals surface area contributed by atoms with Gasteiger partial charge in [0.15, 0.2) is 0 Å². The number of nitrogens with two attached hydrogens (primary N) is 1. The Morgan fingerprint density at radius 1 is 1.09 bits per heavy atom. The van der Waals surface area contributed by atoms with E-state index in [4.69, 9.17) is 22.1 Å². The number of esters is 1. The normalized spacial score (nSPS) is 10.9. The van der Waals surface area contributed by atoms with Gasteiger partial charge in [0.05, 0.1) is 23.6 Å². The largest absolute Gasteiger partial charge is 0.462 e. The summed E-state index contributed by atoms with van der Waals surface area (Å²) in [6.07, 6.45) is 0. The van der Waals surface area contributed by atoms with Crippen LogP contribution in [0.4, 0.5) is 11.4 Å². The van der Waals surface area contributed by atoms with Crippen molar-refractivity contribution in [1.82, 2.24) is 4.98 Å². The summed E-state index contributed by atoms with van der Waals surface area (Å²) in [6, 6.07) is 14.6. The van der Waals surface area contributed by atoms with Crippen molar-refractivity contribution < 1.29 is 14.3 Å². The average Bonchev–Trinajstić information content (AvgIpc) is 3.11. The highest BCUT2D eigenvalue weighted by atomic mass is 35.5. The van der Waals surface area contributed by atoms with Gasteiger partial charge in [-0.3, -0.25) is 4.79 Å². The van der Waals surface area contributed by atoms with Gasteiger partial charge in [0.2, 0.25) is 0 Å². The maximum atomic E-state index is 13.1. The Morgan fingerprint density at radius 3 is 2.39 bits per heavy atom. The van der Waals surface area contributed by atoms with Crippen molar-refractivity contribution in [3.05, 3.63) is 75.3 Å². The Morgan fingerprint density at radius 2 is 1.76 bits per heavy atom. The fraction of sp³-hybridized carbons (Fsp3) is 0.160. The number of aromatic nitrogens is 1. The van der Waals surface area contributed by atoms with E-state index in [1.54, 1.807) is 26.0 Å². The van der Waals surface area contributed by atoms with Gasteiger partial charge >= 0.3 is 5.97 Å². The Hall–Kier alpha value is -3.42. The summed E-state index contributed by atoms with van der Waals surface area (Å²) in [6.45, 7) is 5.68. The molecule has 0 saturated heterocycles. The topological polar surface area (TPSA) is 94.3 Å². The molecule has 3 N–H and O–H groups in total. The van der Waals surface area contributed by atoms with Crippen molar-refractivity contribution in [2.24, 2.45) is 0 Å². The van der Waals surface area contributed by atoms with Crippen molar-refractivity contribution in [3.8, 4) is 11.1 Å². The number of ether oxygens (including phenoxy) is 1. The van der Waals surface area contributed by atoms with Gasteiger partial charge in [-0.15, -0.1) is 11.3 Å². The quantitative estimate of drug-likeness (QED) is 0.330. The van der Waals surface area contributed by atoms with Gasteiger partial charge in [0.1, 0.15) is 9.71 Å². The number of anilines is 2. The molecule has 33 heavy (non-hydrogen) atoms.